The number of ether oxygens (including phenoxy) is 1. The maximum atomic E-state index is 12.6. The molecule has 3 heterocycles. The Hall–Kier alpha value is -2.21. The molecule has 0 bridgehead atoms. The molecule has 5 nitrogen and oxygen atoms in total. The molecule has 1 atom stereocenters. The van der Waals surface area contributed by atoms with Gasteiger partial charge in [-0.25, -0.2) is 0 Å². The van der Waals surface area contributed by atoms with Crippen LogP contribution >= 0.6 is 0 Å². The van der Waals surface area contributed by atoms with Crippen molar-refractivity contribution in [3.63, 3.8) is 0 Å². The number of carbonyl (C=O) groups is 1. The molecule has 0 radical (unpaired) electrons. The van der Waals surface area contributed by atoms with Crippen LogP contribution in [-0.4, -0.2) is 78.6 Å². The Labute approximate surface area is 179 Å². The molecule has 3 aliphatic rings. The van der Waals surface area contributed by atoms with Gasteiger partial charge in [-0.2, -0.15) is 0 Å². The van der Waals surface area contributed by atoms with Gasteiger partial charge >= 0.3 is 0 Å². The first-order chi connectivity index (χ1) is 14.8. The van der Waals surface area contributed by atoms with E-state index in [2.05, 4.69) is 70.5 Å². The molecule has 2 aromatic rings. The Morgan fingerprint density at radius 1 is 0.867 bits per heavy atom. The molecule has 30 heavy (non-hydrogen) atoms. The highest BCUT2D eigenvalue weighted by Gasteiger charge is 2.39. The van der Waals surface area contributed by atoms with Crippen LogP contribution in [0, 0.1) is 0 Å². The molecule has 1 unspecified atom stereocenters. The van der Waals surface area contributed by atoms with E-state index in [0.717, 1.165) is 58.7 Å². The SMILES string of the molecule is O=C(C1CCCO1)N1CCN(C2CN(C(c3ccccc3)c3ccccc3)C2)CC1. The highest BCUT2D eigenvalue weighted by atomic mass is 16.5. The van der Waals surface area contributed by atoms with Crippen LogP contribution in [0.25, 0.3) is 0 Å². The normalized spacial score (nSPS) is 23.6. The van der Waals surface area contributed by atoms with E-state index in [1.54, 1.807) is 0 Å². The number of likely N-dealkylation sites (tertiary alicyclic amines) is 1. The highest BCUT2D eigenvalue weighted by Crippen LogP contribution is 2.33. The van der Waals surface area contributed by atoms with Gasteiger partial charge in [-0.3, -0.25) is 14.6 Å². The second-order valence-corrected chi connectivity index (χ2v) is 8.69. The van der Waals surface area contributed by atoms with Crippen molar-refractivity contribution in [2.75, 3.05) is 45.9 Å². The summed E-state index contributed by atoms with van der Waals surface area (Å²) < 4.78 is 5.59. The van der Waals surface area contributed by atoms with E-state index in [9.17, 15) is 4.79 Å². The molecule has 2 aromatic carbocycles. The number of benzene rings is 2. The van der Waals surface area contributed by atoms with Crippen molar-refractivity contribution < 1.29 is 9.53 Å². The Morgan fingerprint density at radius 2 is 1.47 bits per heavy atom. The topological polar surface area (TPSA) is 36.0 Å². The fraction of sp³-hybridized carbons (Fsp3) is 0.480. The van der Waals surface area contributed by atoms with Crippen molar-refractivity contribution in [3.8, 4) is 0 Å². The zero-order valence-corrected chi connectivity index (χ0v) is 17.5. The average Bonchev–Trinajstić information content (AvgIpc) is 3.32. The van der Waals surface area contributed by atoms with Crippen LogP contribution < -0.4 is 0 Å². The zero-order valence-electron chi connectivity index (χ0n) is 17.5. The Kier molecular flexibility index (Phi) is 5.84. The summed E-state index contributed by atoms with van der Waals surface area (Å²) in [6, 6.07) is 22.5. The summed E-state index contributed by atoms with van der Waals surface area (Å²) in [5.74, 6) is 0.204. The van der Waals surface area contributed by atoms with Crippen LogP contribution in [0.4, 0.5) is 0 Å². The van der Waals surface area contributed by atoms with Gasteiger partial charge in [0, 0.05) is 51.9 Å². The third-order valence-corrected chi connectivity index (χ3v) is 6.83. The summed E-state index contributed by atoms with van der Waals surface area (Å²) in [5, 5.41) is 0. The van der Waals surface area contributed by atoms with Crippen LogP contribution in [0.2, 0.25) is 0 Å². The Morgan fingerprint density at radius 3 is 2.00 bits per heavy atom. The molecule has 5 heteroatoms. The van der Waals surface area contributed by atoms with E-state index < -0.39 is 0 Å². The predicted octanol–water partition coefficient (Wildman–Crippen LogP) is 2.78. The molecule has 3 aliphatic heterocycles. The van der Waals surface area contributed by atoms with Crippen molar-refractivity contribution in [3.05, 3.63) is 71.8 Å². The number of carbonyl (C=O) groups excluding carboxylic acids is 1. The second kappa shape index (κ2) is 8.88. The first-order valence-electron chi connectivity index (χ1n) is 11.3. The third-order valence-electron chi connectivity index (χ3n) is 6.83. The fourth-order valence-electron chi connectivity index (χ4n) is 5.10. The monoisotopic (exact) mass is 405 g/mol. The van der Waals surface area contributed by atoms with Gasteiger partial charge in [-0.15, -0.1) is 0 Å². The lowest BCUT2D eigenvalue weighted by Crippen LogP contribution is -2.64. The Balaban J connectivity index is 1.19. The van der Waals surface area contributed by atoms with E-state index in [1.807, 2.05) is 4.90 Å². The molecule has 3 saturated heterocycles. The molecular formula is C25H31N3O2. The number of piperazine rings is 1. The van der Waals surface area contributed by atoms with Crippen LogP contribution in [-0.2, 0) is 9.53 Å². The smallest absolute Gasteiger partial charge is 0.251 e. The molecular weight excluding hydrogens is 374 g/mol. The summed E-state index contributed by atoms with van der Waals surface area (Å²) in [4.78, 5) is 19.8. The number of nitrogens with zero attached hydrogens (tertiary/aromatic N) is 3. The minimum atomic E-state index is -0.187. The van der Waals surface area contributed by atoms with Crippen molar-refractivity contribution >= 4 is 5.91 Å². The summed E-state index contributed by atoms with van der Waals surface area (Å²) >= 11 is 0. The molecule has 0 aromatic heterocycles. The number of amides is 1. The van der Waals surface area contributed by atoms with Gasteiger partial charge in [0.1, 0.15) is 6.10 Å². The van der Waals surface area contributed by atoms with Gasteiger partial charge < -0.3 is 9.64 Å². The van der Waals surface area contributed by atoms with E-state index in [4.69, 9.17) is 4.74 Å². The quantitative estimate of drug-likeness (QED) is 0.767. The first kappa shape index (κ1) is 19.7. The van der Waals surface area contributed by atoms with Crippen LogP contribution in [0.1, 0.15) is 30.0 Å². The van der Waals surface area contributed by atoms with Crippen molar-refractivity contribution in [1.82, 2.24) is 14.7 Å². The van der Waals surface area contributed by atoms with Crippen LogP contribution in [0.15, 0.2) is 60.7 Å². The predicted molar refractivity (Wildman–Crippen MR) is 117 cm³/mol. The molecule has 5 rings (SSSR count). The van der Waals surface area contributed by atoms with Gasteiger partial charge in [-0.1, -0.05) is 60.7 Å². The zero-order chi connectivity index (χ0) is 20.3. The number of rotatable bonds is 5. The standard InChI is InChI=1S/C25H31N3O2/c29-25(23-12-7-17-30-23)27-15-13-26(14-16-27)22-18-28(19-22)24(20-8-3-1-4-9-20)21-10-5-2-6-11-21/h1-6,8-11,22-24H,7,12-19H2. The Bertz CT molecular complexity index is 784. The van der Waals surface area contributed by atoms with Gasteiger partial charge in [0.25, 0.3) is 5.91 Å². The van der Waals surface area contributed by atoms with Crippen LogP contribution in [0.5, 0.6) is 0 Å². The minimum absolute atomic E-state index is 0.187. The summed E-state index contributed by atoms with van der Waals surface area (Å²) in [6.07, 6.45) is 1.71. The molecule has 0 spiro atoms. The van der Waals surface area contributed by atoms with E-state index >= 15 is 0 Å². The van der Waals surface area contributed by atoms with Crippen LogP contribution in [0.3, 0.4) is 0 Å². The first-order valence-corrected chi connectivity index (χ1v) is 11.3. The molecule has 158 valence electrons. The number of hydrogen-bond acceptors (Lipinski definition) is 4. The molecule has 3 fully saturated rings. The summed E-state index contributed by atoms with van der Waals surface area (Å²) in [6.45, 7) is 6.49. The third kappa shape index (κ3) is 4.02. The van der Waals surface area contributed by atoms with Crippen molar-refractivity contribution in [2.24, 2.45) is 0 Å². The van der Waals surface area contributed by atoms with E-state index in [0.29, 0.717) is 12.1 Å². The van der Waals surface area contributed by atoms with E-state index in [-0.39, 0.29) is 12.0 Å². The fourth-order valence-corrected chi connectivity index (χ4v) is 5.10. The summed E-state index contributed by atoms with van der Waals surface area (Å²) in [5.41, 5.74) is 2.71. The van der Waals surface area contributed by atoms with Crippen molar-refractivity contribution in [1.29, 1.82) is 0 Å². The molecule has 0 saturated carbocycles. The van der Waals surface area contributed by atoms with Gasteiger partial charge in [0.15, 0.2) is 0 Å². The minimum Gasteiger partial charge on any atom is -0.368 e. The summed E-state index contributed by atoms with van der Waals surface area (Å²) in [7, 11) is 0. The van der Waals surface area contributed by atoms with Crippen molar-refractivity contribution in [2.45, 2.75) is 31.0 Å². The van der Waals surface area contributed by atoms with E-state index in [1.165, 1.54) is 11.1 Å². The lowest BCUT2D eigenvalue weighted by molar-refractivity contribution is -0.143. The lowest BCUT2D eigenvalue weighted by Gasteiger charge is -2.51. The lowest BCUT2D eigenvalue weighted by atomic mass is 9.92. The second-order valence-electron chi connectivity index (χ2n) is 8.69. The highest BCUT2D eigenvalue weighted by molar-refractivity contribution is 5.81. The van der Waals surface area contributed by atoms with Gasteiger partial charge in [-0.05, 0) is 24.0 Å². The molecule has 0 aliphatic carbocycles. The largest absolute Gasteiger partial charge is 0.368 e. The van der Waals surface area contributed by atoms with Gasteiger partial charge in [0.2, 0.25) is 0 Å². The number of hydrogen-bond donors (Lipinski definition) is 0. The van der Waals surface area contributed by atoms with Gasteiger partial charge in [0.05, 0.1) is 6.04 Å². The average molecular weight is 406 g/mol. The molecule has 1 amide bonds. The molecule has 0 N–H and O–H groups in total. The maximum Gasteiger partial charge on any atom is 0.251 e. The maximum absolute atomic E-state index is 12.6.